The van der Waals surface area contributed by atoms with Crippen LogP contribution in [-0.4, -0.2) is 67.5 Å². The molecule has 1 aliphatic rings. The van der Waals surface area contributed by atoms with Gasteiger partial charge < -0.3 is 14.2 Å². The number of fused-ring (bicyclic) bond motifs is 1. The van der Waals surface area contributed by atoms with E-state index in [1.165, 1.54) is 6.07 Å². The van der Waals surface area contributed by atoms with E-state index in [1.807, 2.05) is 0 Å². The van der Waals surface area contributed by atoms with Crippen molar-refractivity contribution in [3.05, 3.63) is 64.6 Å². The highest BCUT2D eigenvalue weighted by molar-refractivity contribution is 6.31. The van der Waals surface area contributed by atoms with Gasteiger partial charge in [0, 0.05) is 24.7 Å². The molecule has 0 atom stereocenters. The molecule has 3 aromatic rings. The van der Waals surface area contributed by atoms with Gasteiger partial charge in [0.1, 0.15) is 12.4 Å². The van der Waals surface area contributed by atoms with Crippen molar-refractivity contribution in [3.63, 3.8) is 0 Å². The third-order valence-corrected chi connectivity index (χ3v) is 5.14. The molecule has 0 bridgehead atoms. The summed E-state index contributed by atoms with van der Waals surface area (Å²) in [6, 6.07) is 11.5. The summed E-state index contributed by atoms with van der Waals surface area (Å²) in [4.78, 5) is 11.4. The van der Waals surface area contributed by atoms with Gasteiger partial charge in [-0.15, -0.1) is 0 Å². The highest BCUT2D eigenvalue weighted by atomic mass is 35.5. The first-order valence-corrected chi connectivity index (χ1v) is 10.8. The van der Waals surface area contributed by atoms with Gasteiger partial charge in [0.05, 0.1) is 43.0 Å². The van der Waals surface area contributed by atoms with Crippen LogP contribution in [-0.2, 0) is 9.47 Å². The summed E-state index contributed by atoms with van der Waals surface area (Å²) in [5.41, 5.74) is 1.81. The van der Waals surface area contributed by atoms with Gasteiger partial charge in [0.15, 0.2) is 5.69 Å². The van der Waals surface area contributed by atoms with Gasteiger partial charge >= 0.3 is 0 Å². The van der Waals surface area contributed by atoms with Crippen molar-refractivity contribution < 1.29 is 18.6 Å². The number of morpholine rings is 1. The molecule has 0 aliphatic carbocycles. The van der Waals surface area contributed by atoms with Crippen LogP contribution >= 0.6 is 11.6 Å². The Balaban J connectivity index is 1.43. The van der Waals surface area contributed by atoms with Crippen molar-refractivity contribution in [2.75, 3.05) is 52.7 Å². The molecule has 1 aliphatic heterocycles. The summed E-state index contributed by atoms with van der Waals surface area (Å²) in [5, 5.41) is 0.544. The molecule has 0 radical (unpaired) electrons. The largest absolute Gasteiger partial charge is 0.473 e. The second-order valence-corrected chi connectivity index (χ2v) is 7.59. The standard InChI is InChI=1S/C24H23ClFN3O3/c25-19-6-8-21-23(17-19)27-22(7-5-18-3-1-2-4-20(18)26)24(28-21)32-16-15-31-14-11-29-9-12-30-13-10-29/h1-4,6,8,17H,9-16H2. The number of rotatable bonds is 7. The smallest absolute Gasteiger partial charge is 0.249 e. The fourth-order valence-corrected chi connectivity index (χ4v) is 3.37. The van der Waals surface area contributed by atoms with Crippen LogP contribution in [0.1, 0.15) is 11.3 Å². The Morgan fingerprint density at radius 2 is 1.84 bits per heavy atom. The minimum absolute atomic E-state index is 0.276. The molecule has 2 heterocycles. The topological polar surface area (TPSA) is 56.7 Å². The molecule has 0 spiro atoms. The van der Waals surface area contributed by atoms with Crippen molar-refractivity contribution in [1.82, 2.24) is 14.9 Å². The van der Waals surface area contributed by atoms with E-state index >= 15 is 0 Å². The Hall–Kier alpha value is -2.76. The van der Waals surface area contributed by atoms with Gasteiger partial charge in [-0.05, 0) is 36.3 Å². The molecule has 1 fully saturated rings. The van der Waals surface area contributed by atoms with E-state index in [0.29, 0.717) is 41.6 Å². The van der Waals surface area contributed by atoms with Crippen molar-refractivity contribution in [1.29, 1.82) is 0 Å². The Kier molecular flexibility index (Phi) is 7.86. The predicted molar refractivity (Wildman–Crippen MR) is 121 cm³/mol. The van der Waals surface area contributed by atoms with Crippen molar-refractivity contribution in [3.8, 4) is 17.7 Å². The maximum atomic E-state index is 13.9. The summed E-state index contributed by atoms with van der Waals surface area (Å²) >= 11 is 6.08. The minimum Gasteiger partial charge on any atom is -0.473 e. The van der Waals surface area contributed by atoms with Gasteiger partial charge in [-0.3, -0.25) is 4.90 Å². The lowest BCUT2D eigenvalue weighted by Gasteiger charge is -2.26. The highest BCUT2D eigenvalue weighted by Gasteiger charge is 2.11. The van der Waals surface area contributed by atoms with E-state index < -0.39 is 5.82 Å². The molecular weight excluding hydrogens is 433 g/mol. The quantitative estimate of drug-likeness (QED) is 0.401. The molecular formula is C24H23ClFN3O3. The van der Waals surface area contributed by atoms with E-state index in [1.54, 1.807) is 36.4 Å². The first-order valence-electron chi connectivity index (χ1n) is 10.4. The second-order valence-electron chi connectivity index (χ2n) is 7.16. The molecule has 0 unspecified atom stereocenters. The van der Waals surface area contributed by atoms with Crippen molar-refractivity contribution >= 4 is 22.6 Å². The van der Waals surface area contributed by atoms with Gasteiger partial charge in [-0.1, -0.05) is 29.7 Å². The second kappa shape index (κ2) is 11.2. The first-order chi connectivity index (χ1) is 15.7. The summed E-state index contributed by atoms with van der Waals surface area (Å²) < 4.78 is 30.8. The summed E-state index contributed by atoms with van der Waals surface area (Å²) in [5.74, 6) is 5.58. The summed E-state index contributed by atoms with van der Waals surface area (Å²) in [7, 11) is 0. The summed E-state index contributed by atoms with van der Waals surface area (Å²) in [6.07, 6.45) is 0. The van der Waals surface area contributed by atoms with E-state index in [9.17, 15) is 4.39 Å². The van der Waals surface area contributed by atoms with E-state index in [4.69, 9.17) is 25.8 Å². The van der Waals surface area contributed by atoms with Crippen LogP contribution in [0.15, 0.2) is 42.5 Å². The molecule has 8 heteroatoms. The zero-order valence-electron chi connectivity index (χ0n) is 17.5. The van der Waals surface area contributed by atoms with Crippen LogP contribution in [0.5, 0.6) is 5.88 Å². The van der Waals surface area contributed by atoms with Crippen LogP contribution in [0.2, 0.25) is 5.02 Å². The average molecular weight is 456 g/mol. The van der Waals surface area contributed by atoms with Crippen LogP contribution in [0, 0.1) is 17.7 Å². The molecule has 6 nitrogen and oxygen atoms in total. The van der Waals surface area contributed by atoms with Crippen molar-refractivity contribution in [2.45, 2.75) is 0 Å². The predicted octanol–water partition coefficient (Wildman–Crippen LogP) is 3.55. The van der Waals surface area contributed by atoms with Crippen LogP contribution in [0.3, 0.4) is 0 Å². The number of hydrogen-bond acceptors (Lipinski definition) is 6. The van der Waals surface area contributed by atoms with Gasteiger partial charge in [0.25, 0.3) is 0 Å². The summed E-state index contributed by atoms with van der Waals surface area (Å²) in [6.45, 7) is 5.58. The van der Waals surface area contributed by atoms with E-state index in [2.05, 4.69) is 26.7 Å². The molecule has 1 aromatic heterocycles. The molecule has 32 heavy (non-hydrogen) atoms. The third kappa shape index (κ3) is 6.15. The van der Waals surface area contributed by atoms with Gasteiger partial charge in [-0.25, -0.2) is 14.4 Å². The van der Waals surface area contributed by atoms with Gasteiger partial charge in [-0.2, -0.15) is 0 Å². The minimum atomic E-state index is -0.395. The molecule has 2 aromatic carbocycles. The number of halogens is 2. The van der Waals surface area contributed by atoms with Crippen LogP contribution in [0.25, 0.3) is 11.0 Å². The monoisotopic (exact) mass is 455 g/mol. The maximum Gasteiger partial charge on any atom is 0.249 e. The normalized spacial score (nSPS) is 14.2. The zero-order valence-corrected chi connectivity index (χ0v) is 18.3. The Morgan fingerprint density at radius 3 is 2.69 bits per heavy atom. The fraction of sp³-hybridized carbons (Fsp3) is 0.333. The lowest BCUT2D eigenvalue weighted by molar-refractivity contribution is 0.0168. The molecule has 4 rings (SSSR count). The van der Waals surface area contributed by atoms with Crippen LogP contribution < -0.4 is 4.74 Å². The highest BCUT2D eigenvalue weighted by Crippen LogP contribution is 2.21. The molecule has 1 saturated heterocycles. The van der Waals surface area contributed by atoms with E-state index in [0.717, 1.165) is 32.8 Å². The van der Waals surface area contributed by atoms with Crippen LogP contribution in [0.4, 0.5) is 4.39 Å². The Labute approximate surface area is 191 Å². The number of benzene rings is 2. The maximum absolute atomic E-state index is 13.9. The number of hydrogen-bond donors (Lipinski definition) is 0. The Morgan fingerprint density at radius 1 is 1.00 bits per heavy atom. The third-order valence-electron chi connectivity index (χ3n) is 4.91. The SMILES string of the molecule is Fc1ccccc1C#Cc1nc2cc(Cl)ccc2nc1OCCOCCN1CCOCC1. The molecule has 0 N–H and O–H groups in total. The zero-order chi connectivity index (χ0) is 22.2. The number of ether oxygens (including phenoxy) is 3. The lowest BCUT2D eigenvalue weighted by Crippen LogP contribution is -2.38. The number of aromatic nitrogens is 2. The molecule has 0 amide bonds. The average Bonchev–Trinajstić information content (AvgIpc) is 2.81. The first kappa shape index (κ1) is 22.4. The van der Waals surface area contributed by atoms with Crippen molar-refractivity contribution in [2.24, 2.45) is 0 Å². The lowest BCUT2D eigenvalue weighted by atomic mass is 10.2. The fourth-order valence-electron chi connectivity index (χ4n) is 3.20. The number of nitrogens with zero attached hydrogens (tertiary/aromatic N) is 3. The molecule has 166 valence electrons. The molecule has 0 saturated carbocycles. The van der Waals surface area contributed by atoms with E-state index in [-0.39, 0.29) is 11.4 Å². The Bertz CT molecular complexity index is 1130. The van der Waals surface area contributed by atoms with Gasteiger partial charge in [0.2, 0.25) is 5.88 Å².